The predicted molar refractivity (Wildman–Crippen MR) is 44.0 cm³/mol. The lowest BCUT2D eigenvalue weighted by molar-refractivity contribution is -0.117. The average Bonchev–Trinajstić information content (AvgIpc) is 1.87. The van der Waals surface area contributed by atoms with Gasteiger partial charge in [0.05, 0.1) is 6.61 Å². The fraction of sp³-hybridized carbons (Fsp3) is 0.857. The molecule has 0 heterocycles. The first kappa shape index (κ1) is 10.7. The smallest absolute Gasteiger partial charge is 0.300 e. The van der Waals surface area contributed by atoms with E-state index in [1.165, 1.54) is 6.92 Å². The normalized spacial score (nSPS) is 11.3. The molecular weight excluding hydrogens is 163 g/mol. The molecule has 0 aliphatic heterocycles. The summed E-state index contributed by atoms with van der Waals surface area (Å²) in [5, 5.41) is 0. The molecule has 0 rings (SSSR count). The topological polar surface area (TPSA) is 43.4 Å². The molecule has 0 spiro atoms. The van der Waals surface area contributed by atoms with E-state index in [1.807, 2.05) is 0 Å². The molecule has 0 aromatic rings. The molecule has 3 nitrogen and oxygen atoms in total. The van der Waals surface area contributed by atoms with Crippen molar-refractivity contribution in [3.63, 3.8) is 0 Å². The van der Waals surface area contributed by atoms with Gasteiger partial charge in [0.15, 0.2) is 6.16 Å². The molecule has 0 bridgehead atoms. The van der Waals surface area contributed by atoms with Crippen molar-refractivity contribution in [2.45, 2.75) is 26.7 Å². The van der Waals surface area contributed by atoms with E-state index in [-0.39, 0.29) is 5.78 Å². The molecule has 0 aromatic carbocycles. The second-order valence-electron chi connectivity index (χ2n) is 2.28. The number of ketones is 1. The second-order valence-corrected chi connectivity index (χ2v) is 3.65. The molecule has 11 heavy (non-hydrogen) atoms. The highest BCUT2D eigenvalue weighted by Gasteiger charge is 2.14. The van der Waals surface area contributed by atoms with Crippen LogP contribution in [0, 0.1) is 0 Å². The Hall–Kier alpha value is -0.270. The Morgan fingerprint density at radius 2 is 2.18 bits per heavy atom. The highest BCUT2D eigenvalue weighted by Crippen LogP contribution is 2.22. The van der Waals surface area contributed by atoms with Gasteiger partial charge in [-0.05, 0) is 18.4 Å². The lowest BCUT2D eigenvalue weighted by Crippen LogP contribution is -1.91. The van der Waals surface area contributed by atoms with Crippen molar-refractivity contribution in [3.8, 4) is 0 Å². The maximum absolute atomic E-state index is 10.8. The Labute approximate surface area is 68.0 Å². The number of hydrogen-bond donors (Lipinski definition) is 0. The van der Waals surface area contributed by atoms with E-state index >= 15 is 0 Å². The minimum absolute atomic E-state index is 0.143. The van der Waals surface area contributed by atoms with Crippen molar-refractivity contribution in [2.75, 3.05) is 12.8 Å². The zero-order valence-electron chi connectivity index (χ0n) is 7.00. The van der Waals surface area contributed by atoms with Crippen LogP contribution in [0.1, 0.15) is 26.7 Å². The van der Waals surface area contributed by atoms with E-state index in [2.05, 4.69) is 0 Å². The van der Waals surface area contributed by atoms with E-state index in [9.17, 15) is 9.36 Å². The molecule has 4 heteroatoms. The van der Waals surface area contributed by atoms with Crippen molar-refractivity contribution >= 4 is 13.8 Å². The van der Waals surface area contributed by atoms with Crippen LogP contribution in [0.25, 0.3) is 0 Å². The number of hydrogen-bond acceptors (Lipinski definition) is 3. The number of carbonyl (C=O) groups is 1. The van der Waals surface area contributed by atoms with Gasteiger partial charge in [-0.15, -0.1) is 4.52 Å². The maximum atomic E-state index is 10.8. The molecular formula is C7H14O3P+. The molecule has 1 atom stereocenters. The van der Waals surface area contributed by atoms with E-state index in [0.717, 1.165) is 0 Å². The quantitative estimate of drug-likeness (QED) is 0.583. The van der Waals surface area contributed by atoms with Crippen molar-refractivity contribution in [3.05, 3.63) is 0 Å². The molecule has 0 amide bonds. The molecule has 0 saturated heterocycles. The maximum Gasteiger partial charge on any atom is 0.508 e. The molecule has 0 aliphatic rings. The lowest BCUT2D eigenvalue weighted by atomic mass is 10.3. The molecule has 1 unspecified atom stereocenters. The van der Waals surface area contributed by atoms with Crippen LogP contribution in [0.5, 0.6) is 0 Å². The van der Waals surface area contributed by atoms with E-state index in [4.69, 9.17) is 4.52 Å². The van der Waals surface area contributed by atoms with Gasteiger partial charge in [-0.25, -0.2) is 0 Å². The van der Waals surface area contributed by atoms with Crippen LogP contribution in [-0.4, -0.2) is 18.6 Å². The summed E-state index contributed by atoms with van der Waals surface area (Å²) >= 11 is 0. The molecule has 64 valence electrons. The molecule has 0 aliphatic carbocycles. The highest BCUT2D eigenvalue weighted by atomic mass is 31.1. The second kappa shape index (κ2) is 6.44. The first-order valence-corrected chi connectivity index (χ1v) is 5.10. The minimum Gasteiger partial charge on any atom is -0.300 e. The summed E-state index contributed by atoms with van der Waals surface area (Å²) in [4.78, 5) is 10.4. The fourth-order valence-corrected chi connectivity index (χ4v) is 1.50. The zero-order valence-corrected chi connectivity index (χ0v) is 7.89. The number of carbonyl (C=O) groups excluding carboxylic acids is 1. The molecule has 0 fully saturated rings. The van der Waals surface area contributed by atoms with Gasteiger partial charge in [0.2, 0.25) is 0 Å². The van der Waals surface area contributed by atoms with Crippen molar-refractivity contribution in [2.24, 2.45) is 0 Å². The summed E-state index contributed by atoms with van der Waals surface area (Å²) < 4.78 is 15.7. The Balaban J connectivity index is 3.24. The first-order chi connectivity index (χ1) is 5.16. The van der Waals surface area contributed by atoms with Crippen LogP contribution in [0.3, 0.4) is 0 Å². The van der Waals surface area contributed by atoms with Gasteiger partial charge in [0.1, 0.15) is 5.78 Å². The van der Waals surface area contributed by atoms with Gasteiger partial charge < -0.3 is 4.79 Å². The molecule has 0 radical (unpaired) electrons. The average molecular weight is 177 g/mol. The standard InChI is InChI=1S/C7H14O3P/c1-3-10-11(9)6-4-5-7(2)8/h3-6H2,1-2H3/q+1. The van der Waals surface area contributed by atoms with E-state index in [0.29, 0.717) is 25.6 Å². The Morgan fingerprint density at radius 1 is 1.55 bits per heavy atom. The van der Waals surface area contributed by atoms with Crippen LogP contribution < -0.4 is 0 Å². The summed E-state index contributed by atoms with van der Waals surface area (Å²) in [6.07, 6.45) is 1.68. The first-order valence-electron chi connectivity index (χ1n) is 3.73. The minimum atomic E-state index is -1.51. The van der Waals surface area contributed by atoms with Crippen LogP contribution in [0.4, 0.5) is 0 Å². The number of Topliss-reactive ketones (excluding diaryl/α,β-unsaturated/α-hetero) is 1. The van der Waals surface area contributed by atoms with Crippen molar-refractivity contribution in [1.29, 1.82) is 0 Å². The predicted octanol–water partition coefficient (Wildman–Crippen LogP) is 2.13. The third-order valence-corrected chi connectivity index (χ3v) is 2.37. The van der Waals surface area contributed by atoms with Crippen LogP contribution >= 0.6 is 8.03 Å². The monoisotopic (exact) mass is 177 g/mol. The van der Waals surface area contributed by atoms with Crippen LogP contribution in [-0.2, 0) is 13.9 Å². The number of rotatable bonds is 6. The molecule has 0 saturated carbocycles. The van der Waals surface area contributed by atoms with Crippen LogP contribution in [0.2, 0.25) is 0 Å². The van der Waals surface area contributed by atoms with E-state index in [1.54, 1.807) is 6.92 Å². The summed E-state index contributed by atoms with van der Waals surface area (Å²) in [6.45, 7) is 3.82. The van der Waals surface area contributed by atoms with Gasteiger partial charge in [-0.2, -0.15) is 0 Å². The van der Waals surface area contributed by atoms with Gasteiger partial charge in [0, 0.05) is 12.8 Å². The SMILES string of the molecule is CCO[P+](=O)CCCC(C)=O. The Bertz CT molecular complexity index is 145. The summed E-state index contributed by atoms with van der Waals surface area (Å²) in [6, 6.07) is 0. The van der Waals surface area contributed by atoms with Crippen molar-refractivity contribution in [1.82, 2.24) is 0 Å². The lowest BCUT2D eigenvalue weighted by Gasteiger charge is -1.87. The Kier molecular flexibility index (Phi) is 6.28. The summed E-state index contributed by atoms with van der Waals surface area (Å²) in [7, 11) is -1.51. The highest BCUT2D eigenvalue weighted by molar-refractivity contribution is 7.39. The largest absolute Gasteiger partial charge is 0.508 e. The van der Waals surface area contributed by atoms with E-state index < -0.39 is 8.03 Å². The van der Waals surface area contributed by atoms with Crippen molar-refractivity contribution < 1.29 is 13.9 Å². The van der Waals surface area contributed by atoms with Gasteiger partial charge in [0.25, 0.3) is 0 Å². The third-order valence-electron chi connectivity index (χ3n) is 1.14. The molecule has 0 N–H and O–H groups in total. The summed E-state index contributed by atoms with van der Waals surface area (Å²) in [5.74, 6) is 0.143. The van der Waals surface area contributed by atoms with Gasteiger partial charge in [-0.3, -0.25) is 0 Å². The third kappa shape index (κ3) is 7.63. The van der Waals surface area contributed by atoms with Gasteiger partial charge in [-0.1, -0.05) is 0 Å². The van der Waals surface area contributed by atoms with Crippen LogP contribution in [0.15, 0.2) is 0 Å². The van der Waals surface area contributed by atoms with Gasteiger partial charge >= 0.3 is 8.03 Å². The molecule has 0 aromatic heterocycles. The Morgan fingerprint density at radius 3 is 2.64 bits per heavy atom. The fourth-order valence-electron chi connectivity index (χ4n) is 0.666. The zero-order chi connectivity index (χ0) is 8.69. The summed E-state index contributed by atoms with van der Waals surface area (Å²) in [5.41, 5.74) is 0.